The van der Waals surface area contributed by atoms with E-state index in [1.165, 1.54) is 13.4 Å². The van der Waals surface area contributed by atoms with E-state index in [1.54, 1.807) is 0 Å². The molecule has 0 aliphatic carbocycles. The van der Waals surface area contributed by atoms with Crippen molar-refractivity contribution in [2.24, 2.45) is 0 Å². The molecule has 0 aromatic carbocycles. The Morgan fingerprint density at radius 3 is 2.38 bits per heavy atom. The first-order valence-corrected chi connectivity index (χ1v) is 2.34. The molecule has 0 aromatic rings. The van der Waals surface area contributed by atoms with E-state index in [2.05, 4.69) is 8.37 Å². The summed E-state index contributed by atoms with van der Waals surface area (Å²) in [7, 11) is 1.17. The zero-order valence-corrected chi connectivity index (χ0v) is 5.64. The van der Waals surface area contributed by atoms with Crippen LogP contribution in [0, 0.1) is 11.5 Å². The molecule has 1 atom stereocenters. The summed E-state index contributed by atoms with van der Waals surface area (Å²) in [4.78, 5) is 0. The van der Waals surface area contributed by atoms with Crippen molar-refractivity contribution < 1.29 is 29.6 Å². The van der Waals surface area contributed by atoms with Crippen LogP contribution in [0.2, 0.25) is 0 Å². The van der Waals surface area contributed by atoms with Gasteiger partial charge in [-0.2, -0.15) is 4.21 Å². The van der Waals surface area contributed by atoms with Gasteiger partial charge in [-0.1, -0.05) is 0 Å². The molecule has 0 saturated carbocycles. The molecule has 0 rings (SSSR count). The van der Waals surface area contributed by atoms with Crippen LogP contribution in [0.1, 0.15) is 0 Å². The topological polar surface area (TPSA) is 59.3 Å². The maximum atomic E-state index is 9.86. The second-order valence-corrected chi connectivity index (χ2v) is 1.45. The van der Waals surface area contributed by atoms with Gasteiger partial charge < -0.3 is 0 Å². The van der Waals surface area contributed by atoms with Crippen LogP contribution < -0.4 is 0 Å². The minimum atomic E-state index is -1.89. The van der Waals surface area contributed by atoms with Crippen LogP contribution in [0.25, 0.3) is 0 Å². The van der Waals surface area contributed by atoms with Gasteiger partial charge in [0.2, 0.25) is 0 Å². The van der Waals surface area contributed by atoms with Crippen LogP contribution >= 0.6 is 0 Å². The smallest absolute Gasteiger partial charge is 0.300 e. The van der Waals surface area contributed by atoms with Crippen molar-refractivity contribution in [2.75, 3.05) is 7.11 Å². The standard InChI is InChI=1S/C2H3NO3S.Cu/c1-5-7(4)6-2-3;/h1H3;. The molecule has 8 heavy (non-hydrogen) atoms. The number of nitriles is 1. The molecule has 6 heteroatoms. The zero-order chi connectivity index (χ0) is 5.70. The molecule has 0 bridgehead atoms. The van der Waals surface area contributed by atoms with Crippen LogP contribution in [0.4, 0.5) is 0 Å². The van der Waals surface area contributed by atoms with Crippen molar-refractivity contribution in [3.05, 3.63) is 0 Å². The third-order valence-corrected chi connectivity index (χ3v) is 0.724. The number of hydrogen-bond acceptors (Lipinski definition) is 4. The summed E-state index contributed by atoms with van der Waals surface area (Å²) in [5, 5.41) is 7.62. The summed E-state index contributed by atoms with van der Waals surface area (Å²) in [5.74, 6) is 0. The Balaban J connectivity index is 0. The first-order valence-electron chi connectivity index (χ1n) is 1.34. The molecule has 0 aromatic heterocycles. The van der Waals surface area contributed by atoms with Gasteiger partial charge in [-0.15, -0.1) is 5.26 Å². The molecule has 0 aliphatic rings. The summed E-state index contributed by atoms with van der Waals surface area (Å²) in [6, 6.07) is 0. The molecule has 1 radical (unpaired) electrons. The Hall–Kier alpha value is -0.0805. The largest absolute Gasteiger partial charge is 0.370 e. The van der Waals surface area contributed by atoms with Gasteiger partial charge in [-0.05, 0) is 0 Å². The predicted octanol–water partition coefficient (Wildman–Crippen LogP) is -0.293. The maximum absolute atomic E-state index is 9.86. The van der Waals surface area contributed by atoms with E-state index in [0.717, 1.165) is 0 Å². The van der Waals surface area contributed by atoms with Crippen molar-refractivity contribution in [2.45, 2.75) is 0 Å². The molecule has 0 aliphatic heterocycles. The van der Waals surface area contributed by atoms with Gasteiger partial charge in [0.15, 0.2) is 0 Å². The first kappa shape index (κ1) is 10.8. The fourth-order valence-corrected chi connectivity index (χ4v) is 0.193. The van der Waals surface area contributed by atoms with Crippen molar-refractivity contribution >= 4 is 11.4 Å². The Bertz CT molecular complexity index is 110. The van der Waals surface area contributed by atoms with Gasteiger partial charge in [-0.25, -0.2) is 0 Å². The number of hydrogen-bond donors (Lipinski definition) is 0. The average molecular weight is 185 g/mol. The molecule has 51 valence electrons. The summed E-state index contributed by atoms with van der Waals surface area (Å²) in [5.41, 5.74) is 0. The van der Waals surface area contributed by atoms with Crippen LogP contribution in [0.15, 0.2) is 0 Å². The Labute approximate surface area is 60.1 Å². The molecule has 0 amide bonds. The second kappa shape index (κ2) is 6.92. The van der Waals surface area contributed by atoms with E-state index < -0.39 is 11.4 Å². The summed E-state index contributed by atoms with van der Waals surface area (Å²) < 4.78 is 17.6. The fraction of sp³-hybridized carbons (Fsp3) is 0.500. The molecular formula is C2H3CuNO3S. The third-order valence-electron chi connectivity index (χ3n) is 0.241. The summed E-state index contributed by atoms with van der Waals surface area (Å²) in [6.45, 7) is 0. The molecule has 0 saturated heterocycles. The molecule has 1 unspecified atom stereocenters. The maximum Gasteiger partial charge on any atom is 0.370 e. The van der Waals surface area contributed by atoms with E-state index >= 15 is 0 Å². The Kier molecular flexibility index (Phi) is 9.36. The van der Waals surface area contributed by atoms with E-state index in [0.29, 0.717) is 0 Å². The van der Waals surface area contributed by atoms with Crippen LogP contribution in [-0.4, -0.2) is 11.3 Å². The van der Waals surface area contributed by atoms with Gasteiger partial charge >= 0.3 is 17.6 Å². The SMILES string of the molecule is COS(=O)OC#N.[Cu]. The van der Waals surface area contributed by atoms with E-state index in [-0.39, 0.29) is 17.1 Å². The van der Waals surface area contributed by atoms with E-state index in [4.69, 9.17) is 5.26 Å². The minimum absolute atomic E-state index is 0. The fourth-order valence-electron chi connectivity index (χ4n) is 0.0644. The quantitative estimate of drug-likeness (QED) is 0.437. The number of rotatable bonds is 2. The van der Waals surface area contributed by atoms with Gasteiger partial charge in [-0.3, -0.25) is 8.37 Å². The molecule has 0 heterocycles. The Morgan fingerprint density at radius 2 is 2.25 bits per heavy atom. The van der Waals surface area contributed by atoms with Crippen molar-refractivity contribution in [1.29, 1.82) is 5.26 Å². The molecular weight excluding hydrogens is 182 g/mol. The van der Waals surface area contributed by atoms with Crippen molar-refractivity contribution in [1.82, 2.24) is 0 Å². The molecule has 0 spiro atoms. The average Bonchev–Trinajstić information content (AvgIpc) is 1.68. The Morgan fingerprint density at radius 1 is 1.75 bits per heavy atom. The summed E-state index contributed by atoms with van der Waals surface area (Å²) in [6.07, 6.45) is 1.19. The molecule has 4 nitrogen and oxygen atoms in total. The van der Waals surface area contributed by atoms with Gasteiger partial charge in [0.25, 0.3) is 0 Å². The van der Waals surface area contributed by atoms with Crippen LogP contribution in [0.5, 0.6) is 0 Å². The van der Waals surface area contributed by atoms with Gasteiger partial charge in [0.05, 0.1) is 7.11 Å². The first-order chi connectivity index (χ1) is 3.31. The summed E-state index contributed by atoms with van der Waals surface area (Å²) >= 11 is -1.89. The van der Waals surface area contributed by atoms with E-state index in [9.17, 15) is 4.21 Å². The van der Waals surface area contributed by atoms with Crippen LogP contribution in [-0.2, 0) is 36.8 Å². The minimum Gasteiger partial charge on any atom is -0.300 e. The van der Waals surface area contributed by atoms with Gasteiger partial charge in [0, 0.05) is 17.1 Å². The van der Waals surface area contributed by atoms with Gasteiger partial charge in [0.1, 0.15) is 0 Å². The van der Waals surface area contributed by atoms with Crippen molar-refractivity contribution in [3.8, 4) is 6.26 Å². The monoisotopic (exact) mass is 184 g/mol. The zero-order valence-electron chi connectivity index (χ0n) is 3.88. The van der Waals surface area contributed by atoms with Crippen molar-refractivity contribution in [3.63, 3.8) is 0 Å². The normalized spacial score (nSPS) is 10.5. The second-order valence-electron chi connectivity index (χ2n) is 0.545. The van der Waals surface area contributed by atoms with E-state index in [1.807, 2.05) is 0 Å². The molecule has 0 fully saturated rings. The predicted molar refractivity (Wildman–Crippen MR) is 21.8 cm³/mol. The number of nitrogens with zero attached hydrogens (tertiary/aromatic N) is 1. The van der Waals surface area contributed by atoms with Crippen LogP contribution in [0.3, 0.4) is 0 Å². The molecule has 0 N–H and O–H groups in total. The third kappa shape index (κ3) is 5.92.